The maximum Gasteiger partial charge on any atom is -0.0166 e. The first-order valence-electron chi connectivity index (χ1n) is 11.6. The molecule has 178 valence electrons. The topological polar surface area (TPSA) is 0 Å². The van der Waals surface area contributed by atoms with Crippen molar-refractivity contribution in [3.63, 3.8) is 0 Å². The van der Waals surface area contributed by atoms with E-state index in [1.54, 1.807) is 0 Å². The van der Waals surface area contributed by atoms with Gasteiger partial charge in [0.15, 0.2) is 0 Å². The molecule has 0 aliphatic heterocycles. The van der Waals surface area contributed by atoms with Crippen molar-refractivity contribution < 1.29 is 20.8 Å². The summed E-state index contributed by atoms with van der Waals surface area (Å²) in [4.78, 5) is 0. The first-order chi connectivity index (χ1) is 16.8. The Morgan fingerprint density at radius 1 is 0.771 bits per heavy atom. The number of fused-ring (bicyclic) bond motifs is 1. The average Bonchev–Trinajstić information content (AvgIpc) is 3.35. The van der Waals surface area contributed by atoms with E-state index in [0.717, 1.165) is 0 Å². The van der Waals surface area contributed by atoms with Gasteiger partial charge in [-0.3, -0.25) is 6.08 Å². The predicted octanol–water partition coefficient (Wildman–Crippen LogP) is 8.81. The number of rotatable bonds is 3. The summed E-state index contributed by atoms with van der Waals surface area (Å²) in [5.74, 6) is 0. The van der Waals surface area contributed by atoms with Crippen LogP contribution in [0, 0.1) is 11.5 Å². The van der Waals surface area contributed by atoms with Gasteiger partial charge in [0.05, 0.1) is 0 Å². The van der Waals surface area contributed by atoms with Gasteiger partial charge in [-0.15, -0.1) is 47.3 Å². The van der Waals surface area contributed by atoms with E-state index >= 15 is 0 Å². The quantitative estimate of drug-likeness (QED) is 0.164. The second-order valence-corrected chi connectivity index (χ2v) is 15.0. The minimum atomic E-state index is -0.826. The zero-order valence-electron chi connectivity index (χ0n) is 20.9. The van der Waals surface area contributed by atoms with Gasteiger partial charge >= 0.3 is 37.9 Å². The third kappa shape index (κ3) is 7.34. The van der Waals surface area contributed by atoms with Gasteiger partial charge in [0.1, 0.15) is 0 Å². The standard InChI is InChI=1S/C21H16P.C10H15.2ClH.Zr/c1-3-11-19(12-4-1)22(20-13-5-2-6-14-20)21-15-17-9-7-8-10-18(17)16-21;1-7-6-10(4,5)9(3)8(7)2;;;/h1-16H;1-5H3;2*1H;/q2*-1;;;+4/p-2. The van der Waals surface area contributed by atoms with Gasteiger partial charge in [0, 0.05) is 0 Å². The molecule has 0 spiro atoms. The third-order valence-electron chi connectivity index (χ3n) is 6.45. The normalized spacial score (nSPS) is 14.0. The average molecular weight is 597 g/mol. The number of hydrogen-bond acceptors (Lipinski definition) is 0. The van der Waals surface area contributed by atoms with Gasteiger partial charge in [0.2, 0.25) is 0 Å². The summed E-state index contributed by atoms with van der Waals surface area (Å²) >= 11 is -0.826. The van der Waals surface area contributed by atoms with Crippen molar-refractivity contribution in [2.24, 2.45) is 5.41 Å². The summed E-state index contributed by atoms with van der Waals surface area (Å²) in [6.07, 6.45) is 3.44. The summed E-state index contributed by atoms with van der Waals surface area (Å²) < 4.78 is 0. The Kier molecular flexibility index (Phi) is 10.7. The molecule has 0 N–H and O–H groups in total. The van der Waals surface area contributed by atoms with Crippen molar-refractivity contribution in [3.8, 4) is 0 Å². The maximum atomic E-state index is 4.93. The first kappa shape index (κ1) is 28.2. The van der Waals surface area contributed by atoms with Crippen LogP contribution >= 0.6 is 24.9 Å². The van der Waals surface area contributed by atoms with Crippen molar-refractivity contribution >= 4 is 51.6 Å². The molecule has 0 radical (unpaired) electrons. The molecule has 4 heteroatoms. The van der Waals surface area contributed by atoms with Crippen LogP contribution in [0.1, 0.15) is 34.6 Å². The Labute approximate surface area is 230 Å². The fourth-order valence-corrected chi connectivity index (χ4v) is 6.64. The second-order valence-electron chi connectivity index (χ2n) is 9.05. The van der Waals surface area contributed by atoms with Gasteiger partial charge in [-0.25, -0.2) is 5.57 Å². The SMILES string of the molecule is CC1=[C-]C(C)(C)C(C)=C1C.[Cl][Zr+2][Cl].c1ccc(P(c2ccccc2)c2cc3ccccc3[cH-]2)cc1. The van der Waals surface area contributed by atoms with Crippen LogP contribution in [0.15, 0.2) is 114 Å². The zero-order valence-corrected chi connectivity index (χ0v) is 25.8. The zero-order chi connectivity index (χ0) is 25.4. The Morgan fingerprint density at radius 2 is 1.26 bits per heavy atom. The van der Waals surface area contributed by atoms with Crippen LogP contribution in [-0.4, -0.2) is 0 Å². The molecule has 0 aromatic heterocycles. The number of allylic oxidation sites excluding steroid dienone is 4. The molecule has 4 aromatic rings. The van der Waals surface area contributed by atoms with Crippen LogP contribution in [0.2, 0.25) is 0 Å². The van der Waals surface area contributed by atoms with E-state index in [0.29, 0.717) is 0 Å². The number of halogens is 2. The Morgan fingerprint density at radius 3 is 1.66 bits per heavy atom. The molecule has 4 aromatic carbocycles. The van der Waals surface area contributed by atoms with Crippen molar-refractivity contribution in [3.05, 3.63) is 120 Å². The summed E-state index contributed by atoms with van der Waals surface area (Å²) in [5, 5.41) is 6.89. The smallest absolute Gasteiger partial charge is 0.0166 e. The van der Waals surface area contributed by atoms with Crippen LogP contribution in [0.4, 0.5) is 0 Å². The van der Waals surface area contributed by atoms with Gasteiger partial charge in [0.25, 0.3) is 0 Å². The maximum absolute atomic E-state index is 4.93. The first-order valence-corrected chi connectivity index (χ1v) is 19.3. The van der Waals surface area contributed by atoms with Gasteiger partial charge in [-0.2, -0.15) is 17.2 Å². The van der Waals surface area contributed by atoms with Crippen LogP contribution in [0.25, 0.3) is 10.8 Å². The number of hydrogen-bond donors (Lipinski definition) is 0. The van der Waals surface area contributed by atoms with E-state index < -0.39 is 28.8 Å². The van der Waals surface area contributed by atoms with Crippen molar-refractivity contribution in [2.75, 3.05) is 0 Å². The van der Waals surface area contributed by atoms with Crippen LogP contribution < -0.4 is 15.9 Å². The van der Waals surface area contributed by atoms with E-state index in [1.807, 2.05) is 0 Å². The molecular formula is C31H31Cl2PZr. The number of benzene rings is 3. The third-order valence-corrected chi connectivity index (χ3v) is 8.86. The second kappa shape index (κ2) is 13.3. The Balaban J connectivity index is 0.000000221. The molecule has 0 bridgehead atoms. The van der Waals surface area contributed by atoms with Crippen LogP contribution in [0.3, 0.4) is 0 Å². The van der Waals surface area contributed by atoms with Gasteiger partial charge in [-0.1, -0.05) is 99.8 Å². The van der Waals surface area contributed by atoms with Crippen molar-refractivity contribution in [1.29, 1.82) is 0 Å². The van der Waals surface area contributed by atoms with Crippen molar-refractivity contribution in [2.45, 2.75) is 34.6 Å². The molecule has 0 heterocycles. The predicted molar refractivity (Wildman–Crippen MR) is 155 cm³/mol. The molecule has 1 aliphatic rings. The molecule has 0 fully saturated rings. The summed E-state index contributed by atoms with van der Waals surface area (Å²) in [5.41, 5.74) is 4.39. The minimum Gasteiger partial charge on any atom is -0.160 e. The molecule has 5 rings (SSSR count). The van der Waals surface area contributed by atoms with E-state index in [-0.39, 0.29) is 5.41 Å². The summed E-state index contributed by atoms with van der Waals surface area (Å²) in [7, 11) is 9.37. The fraction of sp³-hybridized carbons (Fsp3) is 0.194. The fourth-order valence-electron chi connectivity index (χ4n) is 4.27. The Hall–Kier alpha value is -1.36. The molecule has 0 saturated carbocycles. The Bertz CT molecular complexity index is 1210. The monoisotopic (exact) mass is 594 g/mol. The molecule has 0 amide bonds. The van der Waals surface area contributed by atoms with E-state index in [2.05, 4.69) is 138 Å². The minimum absolute atomic E-state index is 0.189. The van der Waals surface area contributed by atoms with E-state index in [4.69, 9.17) is 17.0 Å². The molecule has 1 aliphatic carbocycles. The molecule has 0 atom stereocenters. The largest absolute Gasteiger partial charge is 0.160 e. The molecule has 35 heavy (non-hydrogen) atoms. The summed E-state index contributed by atoms with van der Waals surface area (Å²) in [6, 6.07) is 35.0. The molecule has 0 saturated heterocycles. The molecule has 0 unspecified atom stereocenters. The molecular weight excluding hydrogens is 565 g/mol. The van der Waals surface area contributed by atoms with Gasteiger partial charge in [-0.05, 0) is 18.5 Å². The van der Waals surface area contributed by atoms with Crippen molar-refractivity contribution in [1.82, 2.24) is 0 Å². The summed E-state index contributed by atoms with van der Waals surface area (Å²) in [6.45, 7) is 10.9. The van der Waals surface area contributed by atoms with Crippen LogP contribution in [-0.2, 0) is 20.8 Å². The van der Waals surface area contributed by atoms with Gasteiger partial charge < -0.3 is 0 Å². The van der Waals surface area contributed by atoms with E-state index in [9.17, 15) is 0 Å². The molecule has 0 nitrogen and oxygen atoms in total. The van der Waals surface area contributed by atoms with E-state index in [1.165, 1.54) is 43.4 Å². The van der Waals surface area contributed by atoms with Crippen LogP contribution in [0.5, 0.6) is 0 Å².